The number of hydrogen-bond acceptors (Lipinski definition) is 6. The normalized spacial score (nSPS) is 17.4. The Morgan fingerprint density at radius 1 is 1.13 bits per heavy atom. The lowest BCUT2D eigenvalue weighted by Crippen LogP contribution is -2.43. The van der Waals surface area contributed by atoms with Crippen LogP contribution >= 0.6 is 11.6 Å². The van der Waals surface area contributed by atoms with Gasteiger partial charge < -0.3 is 4.42 Å². The lowest BCUT2D eigenvalue weighted by Gasteiger charge is -2.30. The number of rotatable bonds is 5. The monoisotopic (exact) mass is 460 g/mol. The number of piperidine rings is 1. The minimum Gasteiger partial charge on any atom is -0.403 e. The number of nitrogens with zero attached hydrogens (tertiary/aromatic N) is 3. The molecule has 2 aromatic carbocycles. The molecule has 1 amide bonds. The molecule has 1 saturated heterocycles. The summed E-state index contributed by atoms with van der Waals surface area (Å²) in [6, 6.07) is 13.5. The average molecular weight is 461 g/mol. The van der Waals surface area contributed by atoms with E-state index in [1.54, 1.807) is 0 Å². The van der Waals surface area contributed by atoms with Gasteiger partial charge in [0.2, 0.25) is 21.8 Å². The van der Waals surface area contributed by atoms with Crippen molar-refractivity contribution in [3.63, 3.8) is 0 Å². The van der Waals surface area contributed by atoms with E-state index in [9.17, 15) is 13.2 Å². The van der Waals surface area contributed by atoms with Crippen molar-refractivity contribution in [1.82, 2.24) is 14.5 Å². The number of anilines is 1. The Morgan fingerprint density at radius 3 is 2.55 bits per heavy atom. The second-order valence-corrected chi connectivity index (χ2v) is 9.80. The molecule has 1 aliphatic heterocycles. The van der Waals surface area contributed by atoms with Gasteiger partial charge in [-0.2, -0.15) is 4.31 Å². The summed E-state index contributed by atoms with van der Waals surface area (Å²) in [6.45, 7) is 2.41. The third-order valence-electron chi connectivity index (χ3n) is 5.16. The molecule has 162 valence electrons. The third kappa shape index (κ3) is 4.79. The maximum atomic E-state index is 12.9. The zero-order valence-corrected chi connectivity index (χ0v) is 18.4. The number of benzene rings is 2. The van der Waals surface area contributed by atoms with Crippen molar-refractivity contribution in [2.45, 2.75) is 24.7 Å². The van der Waals surface area contributed by atoms with Crippen molar-refractivity contribution >= 4 is 33.5 Å². The van der Waals surface area contributed by atoms with E-state index >= 15 is 0 Å². The number of amides is 1. The van der Waals surface area contributed by atoms with E-state index in [2.05, 4.69) is 15.5 Å². The minimum absolute atomic E-state index is 0.0155. The van der Waals surface area contributed by atoms with Crippen LogP contribution in [0.1, 0.15) is 18.4 Å². The van der Waals surface area contributed by atoms with Crippen LogP contribution in [0, 0.1) is 12.8 Å². The number of carbonyl (C=O) groups is 1. The summed E-state index contributed by atoms with van der Waals surface area (Å²) in [7, 11) is -3.71. The van der Waals surface area contributed by atoms with Crippen LogP contribution in [0.4, 0.5) is 6.01 Å². The quantitative estimate of drug-likeness (QED) is 0.621. The summed E-state index contributed by atoms with van der Waals surface area (Å²) in [6.07, 6.45) is 1.14. The summed E-state index contributed by atoms with van der Waals surface area (Å²) in [5, 5.41) is 10.9. The number of nitrogens with one attached hydrogen (secondary N) is 1. The van der Waals surface area contributed by atoms with E-state index in [1.807, 2.05) is 31.2 Å². The molecule has 0 bridgehead atoms. The smallest absolute Gasteiger partial charge is 0.322 e. The van der Waals surface area contributed by atoms with E-state index in [-0.39, 0.29) is 23.4 Å². The Labute approximate surface area is 185 Å². The zero-order chi connectivity index (χ0) is 22.0. The number of aromatic nitrogens is 2. The lowest BCUT2D eigenvalue weighted by molar-refractivity contribution is -0.121. The maximum Gasteiger partial charge on any atom is 0.322 e. The summed E-state index contributed by atoms with van der Waals surface area (Å²) in [5.74, 6) is -0.577. The van der Waals surface area contributed by atoms with Gasteiger partial charge in [-0.3, -0.25) is 10.1 Å². The second-order valence-electron chi connectivity index (χ2n) is 7.42. The van der Waals surface area contributed by atoms with Gasteiger partial charge in [-0.05, 0) is 56.2 Å². The number of aryl methyl sites for hydroxylation is 1. The molecule has 0 radical (unpaired) electrons. The van der Waals surface area contributed by atoms with Crippen LogP contribution < -0.4 is 5.32 Å². The maximum absolute atomic E-state index is 12.9. The largest absolute Gasteiger partial charge is 0.403 e. The molecule has 1 aliphatic rings. The molecule has 1 atom stereocenters. The molecule has 8 nitrogen and oxygen atoms in total. The van der Waals surface area contributed by atoms with Gasteiger partial charge in [-0.25, -0.2) is 8.42 Å². The van der Waals surface area contributed by atoms with Crippen molar-refractivity contribution in [2.24, 2.45) is 5.92 Å². The molecule has 1 aromatic heterocycles. The third-order valence-corrected chi connectivity index (χ3v) is 7.29. The van der Waals surface area contributed by atoms with Gasteiger partial charge in [-0.1, -0.05) is 34.4 Å². The van der Waals surface area contributed by atoms with Crippen molar-refractivity contribution in [1.29, 1.82) is 0 Å². The Morgan fingerprint density at radius 2 is 1.84 bits per heavy atom. The molecular formula is C21H21ClN4O4S. The van der Waals surface area contributed by atoms with Gasteiger partial charge >= 0.3 is 6.01 Å². The van der Waals surface area contributed by atoms with Crippen LogP contribution in [0.25, 0.3) is 11.5 Å². The molecule has 1 fully saturated rings. The topological polar surface area (TPSA) is 105 Å². The molecule has 1 unspecified atom stereocenters. The van der Waals surface area contributed by atoms with Crippen LogP contribution in [0.2, 0.25) is 5.02 Å². The minimum atomic E-state index is -3.71. The van der Waals surface area contributed by atoms with E-state index in [0.29, 0.717) is 30.3 Å². The lowest BCUT2D eigenvalue weighted by atomic mass is 9.99. The highest BCUT2D eigenvalue weighted by Crippen LogP contribution is 2.26. The molecular weight excluding hydrogens is 440 g/mol. The molecule has 2 heterocycles. The van der Waals surface area contributed by atoms with Crippen LogP contribution in [-0.2, 0) is 14.8 Å². The van der Waals surface area contributed by atoms with Crippen molar-refractivity contribution in [3.05, 3.63) is 59.1 Å². The van der Waals surface area contributed by atoms with Crippen LogP contribution in [0.3, 0.4) is 0 Å². The van der Waals surface area contributed by atoms with Gasteiger partial charge in [0.1, 0.15) is 0 Å². The summed E-state index contributed by atoms with van der Waals surface area (Å²) in [4.78, 5) is 12.9. The predicted octanol–water partition coefficient (Wildman–Crippen LogP) is 3.74. The highest BCUT2D eigenvalue weighted by molar-refractivity contribution is 7.89. The fourth-order valence-electron chi connectivity index (χ4n) is 3.42. The first-order chi connectivity index (χ1) is 14.8. The molecule has 0 spiro atoms. The zero-order valence-electron chi connectivity index (χ0n) is 16.8. The van der Waals surface area contributed by atoms with E-state index in [4.69, 9.17) is 16.0 Å². The molecule has 4 rings (SSSR count). The van der Waals surface area contributed by atoms with Gasteiger partial charge in [-0.15, -0.1) is 5.10 Å². The highest BCUT2D eigenvalue weighted by Gasteiger charge is 2.33. The standard InChI is InChI=1S/C21H21ClN4O4S/c1-14-4-6-15(7-5-14)20-24-25-21(30-20)23-19(27)16-3-2-12-26(13-16)31(28,29)18-10-8-17(22)9-11-18/h4-11,16H,2-3,12-13H2,1H3,(H,23,25,27). The van der Waals surface area contributed by atoms with E-state index in [0.717, 1.165) is 11.1 Å². The van der Waals surface area contributed by atoms with Crippen LogP contribution in [-0.4, -0.2) is 41.9 Å². The number of hydrogen-bond donors (Lipinski definition) is 1. The fraction of sp³-hybridized carbons (Fsp3) is 0.286. The van der Waals surface area contributed by atoms with Crippen molar-refractivity contribution < 1.29 is 17.6 Å². The number of carbonyl (C=O) groups excluding carboxylic acids is 1. The van der Waals surface area contributed by atoms with Gasteiger partial charge in [0.05, 0.1) is 10.8 Å². The molecule has 1 N–H and O–H groups in total. The Bertz CT molecular complexity index is 1180. The first-order valence-corrected chi connectivity index (χ1v) is 11.6. The average Bonchev–Trinajstić information content (AvgIpc) is 3.23. The fourth-order valence-corrected chi connectivity index (χ4v) is 5.07. The predicted molar refractivity (Wildman–Crippen MR) is 116 cm³/mol. The van der Waals surface area contributed by atoms with Crippen LogP contribution in [0.5, 0.6) is 0 Å². The summed E-state index contributed by atoms with van der Waals surface area (Å²) >= 11 is 5.86. The van der Waals surface area contributed by atoms with Gasteiger partial charge in [0.25, 0.3) is 0 Å². The molecule has 10 heteroatoms. The Hall–Kier alpha value is -2.75. The van der Waals surface area contributed by atoms with Gasteiger partial charge in [0.15, 0.2) is 0 Å². The van der Waals surface area contributed by atoms with Crippen LogP contribution in [0.15, 0.2) is 57.8 Å². The second kappa shape index (κ2) is 8.78. The molecule has 31 heavy (non-hydrogen) atoms. The molecule has 3 aromatic rings. The molecule has 0 aliphatic carbocycles. The molecule has 0 saturated carbocycles. The highest BCUT2D eigenvalue weighted by atomic mass is 35.5. The SMILES string of the molecule is Cc1ccc(-c2nnc(NC(=O)C3CCCN(S(=O)(=O)c4ccc(Cl)cc4)C3)o2)cc1. The summed E-state index contributed by atoms with van der Waals surface area (Å²) < 4.78 is 32.7. The Kier molecular flexibility index (Phi) is 6.08. The first-order valence-electron chi connectivity index (χ1n) is 9.80. The number of halogens is 1. The van der Waals surface area contributed by atoms with Crippen molar-refractivity contribution in [2.75, 3.05) is 18.4 Å². The Balaban J connectivity index is 1.43. The van der Waals surface area contributed by atoms with Crippen molar-refractivity contribution in [3.8, 4) is 11.5 Å². The first kappa shape index (κ1) is 21.5. The van der Waals surface area contributed by atoms with E-state index in [1.165, 1.54) is 28.6 Å². The summed E-state index contributed by atoms with van der Waals surface area (Å²) in [5.41, 5.74) is 1.85. The van der Waals surface area contributed by atoms with E-state index < -0.39 is 15.9 Å². The van der Waals surface area contributed by atoms with Gasteiger partial charge in [0, 0.05) is 23.7 Å². The number of sulfonamides is 1.